The molecule has 1 rings (SSSR count). The van der Waals surface area contributed by atoms with Crippen LogP contribution in [-0.2, 0) is 9.53 Å². The minimum absolute atomic E-state index is 0.417. The average molecular weight is 255 g/mol. The van der Waals surface area contributed by atoms with E-state index >= 15 is 0 Å². The van der Waals surface area contributed by atoms with Crippen LogP contribution in [0.4, 0.5) is 0 Å². The molecular weight excluding hydrogens is 238 g/mol. The van der Waals surface area contributed by atoms with Crippen LogP contribution in [0.15, 0.2) is 24.3 Å². The summed E-state index contributed by atoms with van der Waals surface area (Å²) in [5, 5.41) is 0.637. The van der Waals surface area contributed by atoms with Gasteiger partial charge in [-0.15, -0.1) is 0 Å². The fraction of sp³-hybridized carbons (Fsp3) is 0.385. The highest BCUT2D eigenvalue weighted by molar-refractivity contribution is 6.30. The first-order chi connectivity index (χ1) is 7.78. The first kappa shape index (κ1) is 14.0. The predicted octanol–water partition coefficient (Wildman–Crippen LogP) is 2.89. The lowest BCUT2D eigenvalue weighted by Gasteiger charge is -2.20. The van der Waals surface area contributed by atoms with Gasteiger partial charge in [0.15, 0.2) is 0 Å². The predicted molar refractivity (Wildman–Crippen MR) is 68.5 cm³/mol. The third-order valence-corrected chi connectivity index (χ3v) is 2.23. The molecule has 0 amide bonds. The van der Waals surface area contributed by atoms with Gasteiger partial charge in [0.25, 0.3) is 0 Å². The molecule has 1 radical (unpaired) electrons. The van der Waals surface area contributed by atoms with Gasteiger partial charge in [-0.25, -0.2) is 0 Å². The molecule has 0 aliphatic heterocycles. The number of carbonyl (C=O) groups excluding carboxylic acids is 1. The SMILES string of the molecule is CC(C)(C)OC(=O)[CH]C(N)c1ccc(Cl)cc1. The van der Waals surface area contributed by atoms with E-state index in [1.54, 1.807) is 24.3 Å². The summed E-state index contributed by atoms with van der Waals surface area (Å²) < 4.78 is 5.15. The fourth-order valence-corrected chi connectivity index (χ4v) is 1.39. The zero-order valence-electron chi connectivity index (χ0n) is 10.2. The summed E-state index contributed by atoms with van der Waals surface area (Å²) in [6, 6.07) is 6.56. The van der Waals surface area contributed by atoms with Crippen molar-refractivity contribution < 1.29 is 9.53 Å². The summed E-state index contributed by atoms with van der Waals surface area (Å²) in [6.07, 6.45) is 1.36. The molecule has 3 nitrogen and oxygen atoms in total. The Hall–Kier alpha value is -1.06. The average Bonchev–Trinajstić information content (AvgIpc) is 2.15. The molecule has 1 aromatic rings. The van der Waals surface area contributed by atoms with Gasteiger partial charge >= 0.3 is 5.97 Å². The number of halogens is 1. The van der Waals surface area contributed by atoms with E-state index in [2.05, 4.69) is 0 Å². The Morgan fingerprint density at radius 1 is 1.35 bits per heavy atom. The Labute approximate surface area is 107 Å². The monoisotopic (exact) mass is 254 g/mol. The van der Waals surface area contributed by atoms with E-state index in [9.17, 15) is 4.79 Å². The van der Waals surface area contributed by atoms with E-state index in [0.717, 1.165) is 5.56 Å². The number of ether oxygens (including phenoxy) is 1. The van der Waals surface area contributed by atoms with E-state index in [-0.39, 0.29) is 0 Å². The molecule has 0 saturated carbocycles. The fourth-order valence-electron chi connectivity index (χ4n) is 1.26. The zero-order valence-corrected chi connectivity index (χ0v) is 11.0. The summed E-state index contributed by atoms with van der Waals surface area (Å²) in [6.45, 7) is 5.44. The normalized spacial score (nSPS) is 13.2. The lowest BCUT2D eigenvalue weighted by molar-refractivity contribution is -0.150. The molecule has 4 heteroatoms. The largest absolute Gasteiger partial charge is 0.460 e. The number of benzene rings is 1. The van der Waals surface area contributed by atoms with Crippen LogP contribution < -0.4 is 5.73 Å². The highest BCUT2D eigenvalue weighted by atomic mass is 35.5. The number of carbonyl (C=O) groups is 1. The van der Waals surface area contributed by atoms with Gasteiger partial charge in [0.1, 0.15) is 5.60 Å². The van der Waals surface area contributed by atoms with Gasteiger partial charge in [0.2, 0.25) is 0 Å². The van der Waals surface area contributed by atoms with E-state index in [1.807, 2.05) is 20.8 Å². The first-order valence-electron chi connectivity index (χ1n) is 5.37. The smallest absolute Gasteiger partial charge is 0.312 e. The second kappa shape index (κ2) is 5.52. The van der Waals surface area contributed by atoms with Gasteiger partial charge in [-0.2, -0.15) is 0 Å². The Kier molecular flexibility index (Phi) is 4.54. The highest BCUT2D eigenvalue weighted by Crippen LogP contribution is 2.18. The first-order valence-corrected chi connectivity index (χ1v) is 5.74. The minimum atomic E-state index is -0.507. The van der Waals surface area contributed by atoms with E-state index in [4.69, 9.17) is 22.1 Å². The van der Waals surface area contributed by atoms with E-state index in [1.165, 1.54) is 6.42 Å². The molecule has 0 aliphatic carbocycles. The van der Waals surface area contributed by atoms with Crippen molar-refractivity contribution in [3.63, 3.8) is 0 Å². The summed E-state index contributed by atoms with van der Waals surface area (Å²) in [7, 11) is 0. The number of hydrogen-bond acceptors (Lipinski definition) is 3. The standard InChI is InChI=1S/C13H17ClNO2/c1-13(2,3)17-12(16)8-11(15)9-4-6-10(14)7-5-9/h4-8,11H,15H2,1-3H3. The van der Waals surface area contributed by atoms with Crippen LogP contribution in [0.2, 0.25) is 5.02 Å². The lowest BCUT2D eigenvalue weighted by Crippen LogP contribution is -2.27. The van der Waals surface area contributed by atoms with Crippen LogP contribution in [-0.4, -0.2) is 11.6 Å². The van der Waals surface area contributed by atoms with Gasteiger partial charge in [-0.05, 0) is 38.5 Å². The molecule has 0 spiro atoms. The van der Waals surface area contributed by atoms with Crippen molar-refractivity contribution >= 4 is 17.6 Å². The van der Waals surface area contributed by atoms with Crippen LogP contribution >= 0.6 is 11.6 Å². The second-order valence-electron chi connectivity index (χ2n) is 4.78. The molecule has 0 aliphatic rings. The van der Waals surface area contributed by atoms with Crippen molar-refractivity contribution in [1.82, 2.24) is 0 Å². The van der Waals surface area contributed by atoms with Crippen molar-refractivity contribution in [3.8, 4) is 0 Å². The molecule has 0 aromatic heterocycles. The molecule has 0 bridgehead atoms. The molecule has 0 fully saturated rings. The third-order valence-electron chi connectivity index (χ3n) is 1.98. The number of rotatable bonds is 3. The van der Waals surface area contributed by atoms with Crippen LogP contribution in [0, 0.1) is 6.42 Å². The van der Waals surface area contributed by atoms with Crippen molar-refractivity contribution in [2.24, 2.45) is 5.73 Å². The molecular formula is C13H17ClNO2. The summed E-state index contributed by atoms with van der Waals surface area (Å²) in [5.41, 5.74) is 6.18. The molecule has 2 N–H and O–H groups in total. The topological polar surface area (TPSA) is 52.3 Å². The van der Waals surface area contributed by atoms with E-state index in [0.29, 0.717) is 5.02 Å². The van der Waals surface area contributed by atoms with Crippen LogP contribution in [0.1, 0.15) is 32.4 Å². The minimum Gasteiger partial charge on any atom is -0.460 e. The molecule has 1 unspecified atom stereocenters. The molecule has 0 heterocycles. The van der Waals surface area contributed by atoms with E-state index < -0.39 is 17.6 Å². The number of nitrogens with two attached hydrogens (primary N) is 1. The lowest BCUT2D eigenvalue weighted by atomic mass is 10.0. The molecule has 1 aromatic carbocycles. The second-order valence-corrected chi connectivity index (χ2v) is 5.21. The molecule has 17 heavy (non-hydrogen) atoms. The van der Waals surface area contributed by atoms with Gasteiger partial charge in [-0.3, -0.25) is 4.79 Å². The van der Waals surface area contributed by atoms with Gasteiger partial charge in [0, 0.05) is 11.1 Å². The van der Waals surface area contributed by atoms with Gasteiger partial charge in [-0.1, -0.05) is 23.7 Å². The summed E-state index contributed by atoms with van der Waals surface area (Å²) in [5.74, 6) is -0.417. The molecule has 93 valence electrons. The Morgan fingerprint density at radius 3 is 2.35 bits per heavy atom. The van der Waals surface area contributed by atoms with Crippen molar-refractivity contribution in [2.75, 3.05) is 0 Å². The zero-order chi connectivity index (χ0) is 13.1. The van der Waals surface area contributed by atoms with Crippen molar-refractivity contribution in [3.05, 3.63) is 41.3 Å². The quantitative estimate of drug-likeness (QED) is 0.844. The Morgan fingerprint density at radius 2 is 1.88 bits per heavy atom. The summed E-state index contributed by atoms with van der Waals surface area (Å²) in [4.78, 5) is 11.5. The van der Waals surface area contributed by atoms with Gasteiger partial charge in [0.05, 0.1) is 6.42 Å². The van der Waals surface area contributed by atoms with Crippen molar-refractivity contribution in [1.29, 1.82) is 0 Å². The maximum atomic E-state index is 11.5. The van der Waals surface area contributed by atoms with Crippen LogP contribution in [0.5, 0.6) is 0 Å². The van der Waals surface area contributed by atoms with Gasteiger partial charge < -0.3 is 10.5 Å². The van der Waals surface area contributed by atoms with Crippen LogP contribution in [0.3, 0.4) is 0 Å². The molecule has 1 atom stereocenters. The Bertz CT molecular complexity index is 381. The maximum Gasteiger partial charge on any atom is 0.312 e. The Balaban J connectivity index is 2.57. The third kappa shape index (κ3) is 5.20. The number of esters is 1. The highest BCUT2D eigenvalue weighted by Gasteiger charge is 2.19. The maximum absolute atomic E-state index is 11.5. The van der Waals surface area contributed by atoms with Crippen LogP contribution in [0.25, 0.3) is 0 Å². The van der Waals surface area contributed by atoms with Crippen molar-refractivity contribution in [2.45, 2.75) is 32.4 Å². The number of hydrogen-bond donors (Lipinski definition) is 1. The summed E-state index contributed by atoms with van der Waals surface area (Å²) >= 11 is 5.77. The molecule has 0 saturated heterocycles.